The number of rotatable bonds is 5. The third-order valence-electron chi connectivity index (χ3n) is 8.01. The fourth-order valence-corrected chi connectivity index (χ4v) is 5.44. The van der Waals surface area contributed by atoms with Gasteiger partial charge in [0.2, 0.25) is 5.88 Å². The monoisotopic (exact) mass is 535 g/mol. The summed E-state index contributed by atoms with van der Waals surface area (Å²) in [6.07, 6.45) is 1.52. The Bertz CT molecular complexity index is 1430. The molecule has 1 atom stereocenters. The standard InChI is InChI=1S/C31H39BFNO5/c1-19-15-22(21(3)38-25-10-8-9-24(33)26(25)32-36-17-31(6,7)18-37-32)28-23(16-19)27(35)20(2)29(39-28)34-13-11-30(4,5)12-14-34/h8-10,15-16,21H,11-14,17-18H2,1-7H3. The van der Waals surface area contributed by atoms with Crippen molar-refractivity contribution in [3.63, 3.8) is 0 Å². The average molecular weight is 535 g/mol. The van der Waals surface area contributed by atoms with Crippen LogP contribution in [0.3, 0.4) is 0 Å². The fourth-order valence-electron chi connectivity index (χ4n) is 5.44. The van der Waals surface area contributed by atoms with Crippen molar-refractivity contribution in [1.82, 2.24) is 0 Å². The van der Waals surface area contributed by atoms with E-state index >= 15 is 4.39 Å². The van der Waals surface area contributed by atoms with Crippen molar-refractivity contribution in [1.29, 1.82) is 0 Å². The number of aryl methyl sites for hydroxylation is 1. The average Bonchev–Trinajstić information content (AvgIpc) is 2.87. The molecule has 208 valence electrons. The molecule has 5 rings (SSSR count). The van der Waals surface area contributed by atoms with Crippen molar-refractivity contribution >= 4 is 29.4 Å². The van der Waals surface area contributed by atoms with Crippen molar-refractivity contribution in [3.05, 3.63) is 63.1 Å². The molecular weight excluding hydrogens is 496 g/mol. The Balaban J connectivity index is 1.52. The number of ether oxygens (including phenoxy) is 1. The van der Waals surface area contributed by atoms with E-state index in [1.165, 1.54) is 6.07 Å². The Morgan fingerprint density at radius 2 is 1.69 bits per heavy atom. The molecule has 0 saturated carbocycles. The van der Waals surface area contributed by atoms with Gasteiger partial charge in [-0.15, -0.1) is 0 Å². The van der Waals surface area contributed by atoms with Crippen LogP contribution in [0.25, 0.3) is 11.0 Å². The van der Waals surface area contributed by atoms with Crippen molar-refractivity contribution in [3.8, 4) is 5.75 Å². The maximum atomic E-state index is 15.1. The minimum atomic E-state index is -0.855. The molecule has 2 aliphatic rings. The van der Waals surface area contributed by atoms with Gasteiger partial charge in [0.05, 0.1) is 16.4 Å². The second kappa shape index (κ2) is 10.3. The number of hydrogen-bond acceptors (Lipinski definition) is 6. The lowest BCUT2D eigenvalue weighted by molar-refractivity contribution is 0.0337. The van der Waals surface area contributed by atoms with E-state index < -0.39 is 19.0 Å². The van der Waals surface area contributed by atoms with Crippen LogP contribution < -0.4 is 20.5 Å². The topological polar surface area (TPSA) is 61.1 Å². The SMILES string of the molecule is Cc1cc(C(C)Oc2cccc(F)c2B2OCC(C)(C)CO2)c2oc(N3CCC(C)(C)CC3)c(C)c(=O)c2c1. The first-order chi connectivity index (χ1) is 18.3. The molecule has 2 aromatic carbocycles. The van der Waals surface area contributed by atoms with Crippen molar-refractivity contribution < 1.29 is 22.9 Å². The van der Waals surface area contributed by atoms with Crippen LogP contribution in [0, 0.1) is 30.5 Å². The normalized spacial score (nSPS) is 19.8. The number of nitrogens with zero attached hydrogens (tertiary/aromatic N) is 1. The molecule has 6 nitrogen and oxygen atoms in total. The van der Waals surface area contributed by atoms with Gasteiger partial charge >= 0.3 is 7.12 Å². The van der Waals surface area contributed by atoms with E-state index in [4.69, 9.17) is 18.5 Å². The van der Waals surface area contributed by atoms with Gasteiger partial charge < -0.3 is 23.4 Å². The summed E-state index contributed by atoms with van der Waals surface area (Å²) in [6.45, 7) is 16.9. The van der Waals surface area contributed by atoms with Crippen molar-refractivity contribution in [2.24, 2.45) is 10.8 Å². The zero-order valence-corrected chi connectivity index (χ0v) is 24.2. The maximum Gasteiger partial charge on any atom is 0.500 e. The van der Waals surface area contributed by atoms with E-state index in [0.717, 1.165) is 37.1 Å². The van der Waals surface area contributed by atoms with Gasteiger partial charge in [0.15, 0.2) is 5.43 Å². The zero-order chi connectivity index (χ0) is 28.1. The van der Waals surface area contributed by atoms with E-state index in [1.54, 1.807) is 12.1 Å². The van der Waals surface area contributed by atoms with Crippen molar-refractivity contribution in [2.75, 3.05) is 31.2 Å². The number of hydrogen-bond donors (Lipinski definition) is 0. The molecule has 0 radical (unpaired) electrons. The van der Waals surface area contributed by atoms with Gasteiger partial charge in [0, 0.05) is 37.3 Å². The highest BCUT2D eigenvalue weighted by molar-refractivity contribution is 6.62. The van der Waals surface area contributed by atoms with E-state index in [-0.39, 0.29) is 21.7 Å². The zero-order valence-electron chi connectivity index (χ0n) is 24.2. The minimum Gasteiger partial charge on any atom is -0.486 e. The summed E-state index contributed by atoms with van der Waals surface area (Å²) in [5.74, 6) is 0.518. The highest BCUT2D eigenvalue weighted by Crippen LogP contribution is 2.36. The third kappa shape index (κ3) is 5.59. The maximum absolute atomic E-state index is 15.1. The van der Waals surface area contributed by atoms with Crippen molar-refractivity contribution in [2.45, 2.75) is 67.4 Å². The van der Waals surface area contributed by atoms with Gasteiger partial charge in [-0.1, -0.05) is 33.8 Å². The second-order valence-corrected chi connectivity index (χ2v) is 12.8. The first-order valence-corrected chi connectivity index (χ1v) is 13.9. The van der Waals surface area contributed by atoms with Crippen LogP contribution in [0.1, 0.15) is 70.3 Å². The molecule has 8 heteroatoms. The molecule has 3 aromatic rings. The summed E-state index contributed by atoms with van der Waals surface area (Å²) in [5, 5.41) is 0.527. The van der Waals surface area contributed by atoms with Crippen LogP contribution >= 0.6 is 0 Å². The summed E-state index contributed by atoms with van der Waals surface area (Å²) in [4.78, 5) is 15.7. The number of benzene rings is 2. The molecule has 0 bridgehead atoms. The molecule has 2 aliphatic heterocycles. The van der Waals surface area contributed by atoms with Crippen LogP contribution in [0.4, 0.5) is 10.3 Å². The van der Waals surface area contributed by atoms with Crippen LogP contribution in [-0.4, -0.2) is 33.4 Å². The minimum absolute atomic E-state index is 0.0358. The van der Waals surface area contributed by atoms with Gasteiger partial charge in [-0.2, -0.15) is 0 Å². The van der Waals surface area contributed by atoms with Crippen LogP contribution in [0.15, 0.2) is 39.5 Å². The molecule has 39 heavy (non-hydrogen) atoms. The predicted octanol–water partition coefficient (Wildman–Crippen LogP) is 6.08. The molecule has 1 aromatic heterocycles. The molecule has 1 unspecified atom stereocenters. The largest absolute Gasteiger partial charge is 0.500 e. The number of anilines is 1. The summed E-state index contributed by atoms with van der Waals surface area (Å²) in [6, 6.07) is 8.56. The Hall–Kier alpha value is -2.84. The lowest BCUT2D eigenvalue weighted by atomic mass is 9.75. The number of halogens is 1. The molecule has 0 amide bonds. The van der Waals surface area contributed by atoms with Gasteiger partial charge in [-0.3, -0.25) is 4.79 Å². The van der Waals surface area contributed by atoms with E-state index in [9.17, 15) is 4.79 Å². The Morgan fingerprint density at radius 1 is 1.03 bits per heavy atom. The fraction of sp³-hybridized carbons (Fsp3) is 0.516. The molecule has 2 saturated heterocycles. The molecular formula is C31H39BFNO5. The first kappa shape index (κ1) is 27.7. The van der Waals surface area contributed by atoms with E-state index in [1.807, 2.05) is 46.8 Å². The number of fused-ring (bicyclic) bond motifs is 1. The molecule has 2 fully saturated rings. The van der Waals surface area contributed by atoms with Gasteiger partial charge in [0.1, 0.15) is 23.3 Å². The summed E-state index contributed by atoms with van der Waals surface area (Å²) < 4.78 is 39.8. The number of piperidine rings is 1. The van der Waals surface area contributed by atoms with Crippen LogP contribution in [-0.2, 0) is 9.31 Å². The van der Waals surface area contributed by atoms with Crippen LogP contribution in [0.5, 0.6) is 5.75 Å². The summed E-state index contributed by atoms with van der Waals surface area (Å²) >= 11 is 0. The van der Waals surface area contributed by atoms with Gasteiger partial charge in [0.25, 0.3) is 0 Å². The van der Waals surface area contributed by atoms with Crippen LogP contribution in [0.2, 0.25) is 0 Å². The molecule has 0 N–H and O–H groups in total. The highest BCUT2D eigenvalue weighted by atomic mass is 19.1. The third-order valence-corrected chi connectivity index (χ3v) is 8.01. The smallest absolute Gasteiger partial charge is 0.486 e. The lowest BCUT2D eigenvalue weighted by Gasteiger charge is -2.37. The Kier molecular flexibility index (Phi) is 7.31. The predicted molar refractivity (Wildman–Crippen MR) is 154 cm³/mol. The summed E-state index contributed by atoms with van der Waals surface area (Å²) in [7, 11) is -0.855. The Labute approximate surface area is 230 Å². The highest BCUT2D eigenvalue weighted by Gasteiger charge is 2.38. The van der Waals surface area contributed by atoms with E-state index in [2.05, 4.69) is 18.7 Å². The molecule has 3 heterocycles. The molecule has 0 spiro atoms. The summed E-state index contributed by atoms with van der Waals surface area (Å²) in [5.41, 5.74) is 3.12. The second-order valence-electron chi connectivity index (χ2n) is 12.8. The molecule has 0 aliphatic carbocycles. The van der Waals surface area contributed by atoms with E-state index in [0.29, 0.717) is 41.4 Å². The quantitative estimate of drug-likeness (QED) is 0.369. The lowest BCUT2D eigenvalue weighted by Crippen LogP contribution is -2.49. The van der Waals surface area contributed by atoms with Gasteiger partial charge in [-0.05, 0) is 68.9 Å². The van der Waals surface area contributed by atoms with Gasteiger partial charge in [-0.25, -0.2) is 4.39 Å². The Morgan fingerprint density at radius 3 is 2.36 bits per heavy atom. The first-order valence-electron chi connectivity index (χ1n) is 13.9.